The number of urea groups is 1. The summed E-state index contributed by atoms with van der Waals surface area (Å²) in [7, 11) is 0. The number of hydrogen-bond donors (Lipinski definition) is 2. The van der Waals surface area contributed by atoms with Gasteiger partial charge in [-0.2, -0.15) is 9.59 Å². The summed E-state index contributed by atoms with van der Waals surface area (Å²) in [6.45, 7) is 6.07. The zero-order valence-electron chi connectivity index (χ0n) is 13.5. The number of carbonyl (C=O) groups is 2. The van der Waals surface area contributed by atoms with Gasteiger partial charge in [0.05, 0.1) is 12.0 Å². The van der Waals surface area contributed by atoms with Crippen LogP contribution < -0.4 is 10.6 Å². The molecule has 23 heavy (non-hydrogen) atoms. The highest BCUT2D eigenvalue weighted by Gasteiger charge is 2.26. The molecule has 0 unspecified atom stereocenters. The van der Waals surface area contributed by atoms with E-state index < -0.39 is 5.41 Å². The summed E-state index contributed by atoms with van der Waals surface area (Å²) in [6.07, 6.45) is 0.966. The number of benzene rings is 1. The molecule has 2 amide bonds. The number of para-hydroxylation sites is 1. The number of ether oxygens (including phenoxy) is 1. The Morgan fingerprint density at radius 2 is 1.74 bits per heavy atom. The molecule has 0 aliphatic heterocycles. The third kappa shape index (κ3) is 9.06. The summed E-state index contributed by atoms with van der Waals surface area (Å²) in [5, 5.41) is 5.31. The van der Waals surface area contributed by atoms with Crippen LogP contribution in [0.5, 0.6) is 0 Å². The van der Waals surface area contributed by atoms with Gasteiger partial charge < -0.3 is 15.4 Å². The smallest absolute Gasteiger partial charge is 0.373 e. The van der Waals surface area contributed by atoms with Gasteiger partial charge in [-0.05, 0) is 32.4 Å². The van der Waals surface area contributed by atoms with E-state index in [0.29, 0.717) is 12.1 Å². The molecule has 0 fully saturated rings. The molecule has 2 N–H and O–H groups in total. The molecule has 0 aromatic heterocycles. The van der Waals surface area contributed by atoms with Crippen LogP contribution in [0.15, 0.2) is 30.3 Å². The molecule has 0 spiro atoms. The molecule has 1 rings (SSSR count). The lowest BCUT2D eigenvalue weighted by Crippen LogP contribution is -2.33. The second kappa shape index (κ2) is 11.0. The Bertz CT molecular complexity index is 523. The summed E-state index contributed by atoms with van der Waals surface area (Å²) >= 11 is 0. The number of rotatable bonds is 6. The van der Waals surface area contributed by atoms with Gasteiger partial charge in [-0.15, -0.1) is 0 Å². The average molecular weight is 322 g/mol. The number of hydrogen-bond acceptors (Lipinski definition) is 5. The van der Waals surface area contributed by atoms with Crippen LogP contribution in [0, 0.1) is 5.41 Å². The predicted octanol–water partition coefficient (Wildman–Crippen LogP) is 2.20. The second-order valence-corrected chi connectivity index (χ2v) is 5.20. The van der Waals surface area contributed by atoms with Crippen LogP contribution >= 0.6 is 0 Å². The maximum absolute atomic E-state index is 11.7. The van der Waals surface area contributed by atoms with Crippen LogP contribution in [-0.2, 0) is 19.1 Å². The first kappa shape index (κ1) is 20.3. The van der Waals surface area contributed by atoms with E-state index in [2.05, 4.69) is 10.6 Å². The lowest BCUT2D eigenvalue weighted by atomic mass is 9.91. The highest BCUT2D eigenvalue weighted by molar-refractivity contribution is 5.89. The van der Waals surface area contributed by atoms with Crippen molar-refractivity contribution in [3.63, 3.8) is 0 Å². The molecule has 1 aromatic carbocycles. The van der Waals surface area contributed by atoms with Crippen molar-refractivity contribution in [1.82, 2.24) is 5.32 Å². The summed E-state index contributed by atoms with van der Waals surface area (Å²) in [4.78, 5) is 39.5. The molecule has 0 aliphatic carbocycles. The van der Waals surface area contributed by atoms with Crippen LogP contribution in [0.25, 0.3) is 0 Å². The van der Waals surface area contributed by atoms with Crippen molar-refractivity contribution < 1.29 is 23.9 Å². The molecular weight excluding hydrogens is 300 g/mol. The standard InChI is InChI=1S/C15H22N2O3.CO2/c1-4-15(2,3)13(18)20-11-10-16-14(19)17-12-8-6-5-7-9-12;2-1-3/h5-9H,4,10-11H2,1-3H3,(H2,16,17,19);. The van der Waals surface area contributed by atoms with E-state index in [0.717, 1.165) is 0 Å². The van der Waals surface area contributed by atoms with E-state index >= 15 is 0 Å². The summed E-state index contributed by atoms with van der Waals surface area (Å²) in [6, 6.07) is 8.82. The van der Waals surface area contributed by atoms with E-state index in [1.165, 1.54) is 0 Å². The fraction of sp³-hybridized carbons (Fsp3) is 0.438. The van der Waals surface area contributed by atoms with Gasteiger partial charge in [-0.3, -0.25) is 4.79 Å². The maximum Gasteiger partial charge on any atom is 0.373 e. The Hall–Kier alpha value is -2.66. The molecule has 0 aliphatic rings. The van der Waals surface area contributed by atoms with Crippen LogP contribution in [0.3, 0.4) is 0 Å². The van der Waals surface area contributed by atoms with Gasteiger partial charge in [0.15, 0.2) is 0 Å². The Labute approximate surface area is 135 Å². The van der Waals surface area contributed by atoms with Gasteiger partial charge >= 0.3 is 18.2 Å². The van der Waals surface area contributed by atoms with E-state index in [1.807, 2.05) is 39.0 Å². The molecule has 0 heterocycles. The maximum atomic E-state index is 11.7. The molecule has 0 atom stereocenters. The zero-order chi connectivity index (χ0) is 17.7. The normalized spacial score (nSPS) is 9.70. The van der Waals surface area contributed by atoms with Gasteiger partial charge in [0.25, 0.3) is 0 Å². The van der Waals surface area contributed by atoms with Gasteiger partial charge in [0.2, 0.25) is 0 Å². The van der Waals surface area contributed by atoms with Crippen molar-refractivity contribution in [2.75, 3.05) is 18.5 Å². The van der Waals surface area contributed by atoms with Crippen LogP contribution in [0.4, 0.5) is 10.5 Å². The van der Waals surface area contributed by atoms with Crippen LogP contribution in [0.2, 0.25) is 0 Å². The van der Waals surface area contributed by atoms with Crippen molar-refractivity contribution in [3.05, 3.63) is 30.3 Å². The zero-order valence-corrected chi connectivity index (χ0v) is 13.5. The predicted molar refractivity (Wildman–Crippen MR) is 83.5 cm³/mol. The van der Waals surface area contributed by atoms with Crippen molar-refractivity contribution >= 4 is 23.8 Å². The number of nitrogens with one attached hydrogen (secondary N) is 2. The number of amides is 2. The highest BCUT2D eigenvalue weighted by atomic mass is 16.5. The number of anilines is 1. The minimum atomic E-state index is -0.480. The van der Waals surface area contributed by atoms with Crippen LogP contribution in [-0.4, -0.2) is 31.3 Å². The molecule has 0 saturated heterocycles. The molecule has 0 bridgehead atoms. The van der Waals surface area contributed by atoms with E-state index in [4.69, 9.17) is 14.3 Å². The first-order valence-electron chi connectivity index (χ1n) is 7.13. The molecule has 7 nitrogen and oxygen atoms in total. The van der Waals surface area contributed by atoms with Crippen molar-refractivity contribution in [3.8, 4) is 0 Å². The molecule has 0 saturated carbocycles. The lowest BCUT2D eigenvalue weighted by molar-refractivity contribution is -0.191. The lowest BCUT2D eigenvalue weighted by Gasteiger charge is -2.20. The topological polar surface area (TPSA) is 102 Å². The van der Waals surface area contributed by atoms with Gasteiger partial charge in [0.1, 0.15) is 6.61 Å². The van der Waals surface area contributed by atoms with E-state index in [1.54, 1.807) is 12.1 Å². The fourth-order valence-electron chi connectivity index (χ4n) is 1.34. The molecule has 126 valence electrons. The third-order valence-corrected chi connectivity index (χ3v) is 3.09. The average Bonchev–Trinajstić information content (AvgIpc) is 2.53. The summed E-state index contributed by atoms with van der Waals surface area (Å²) in [5.41, 5.74) is 0.237. The minimum Gasteiger partial charge on any atom is -0.463 e. The van der Waals surface area contributed by atoms with Crippen molar-refractivity contribution in [2.45, 2.75) is 27.2 Å². The molecular formula is C16H22N2O5. The number of esters is 1. The van der Waals surface area contributed by atoms with Gasteiger partial charge in [-0.25, -0.2) is 4.79 Å². The Morgan fingerprint density at radius 3 is 2.26 bits per heavy atom. The molecule has 1 aromatic rings. The Kier molecular flexibility index (Phi) is 9.71. The van der Waals surface area contributed by atoms with E-state index in [-0.39, 0.29) is 31.3 Å². The van der Waals surface area contributed by atoms with Crippen LogP contribution in [0.1, 0.15) is 27.2 Å². The molecule has 7 heteroatoms. The fourth-order valence-corrected chi connectivity index (χ4v) is 1.34. The Balaban J connectivity index is 0.00000149. The second-order valence-electron chi connectivity index (χ2n) is 5.20. The summed E-state index contributed by atoms with van der Waals surface area (Å²) < 4.78 is 5.12. The third-order valence-electron chi connectivity index (χ3n) is 3.09. The highest BCUT2D eigenvalue weighted by Crippen LogP contribution is 2.21. The number of carbonyl (C=O) groups excluding carboxylic acids is 4. The van der Waals surface area contributed by atoms with Crippen molar-refractivity contribution in [1.29, 1.82) is 0 Å². The Morgan fingerprint density at radius 1 is 1.17 bits per heavy atom. The van der Waals surface area contributed by atoms with Gasteiger partial charge in [0, 0.05) is 5.69 Å². The quantitative estimate of drug-likeness (QED) is 0.617. The SMILES string of the molecule is CCC(C)(C)C(=O)OCCNC(=O)Nc1ccccc1.O=C=O. The summed E-state index contributed by atoms with van der Waals surface area (Å²) in [5.74, 6) is -0.245. The monoisotopic (exact) mass is 322 g/mol. The first-order chi connectivity index (χ1) is 10.9. The van der Waals surface area contributed by atoms with Gasteiger partial charge in [-0.1, -0.05) is 25.1 Å². The van der Waals surface area contributed by atoms with Crippen molar-refractivity contribution in [2.24, 2.45) is 5.41 Å². The minimum absolute atomic E-state index is 0.171. The van der Waals surface area contributed by atoms with E-state index in [9.17, 15) is 9.59 Å². The largest absolute Gasteiger partial charge is 0.463 e. The first-order valence-corrected chi connectivity index (χ1v) is 7.13. The molecule has 0 radical (unpaired) electrons.